The molecule has 5 nitrogen and oxygen atoms in total. The number of carbonyl (C=O) groups is 2. The molecular weight excluding hydrogens is 322 g/mol. The van der Waals surface area contributed by atoms with Crippen molar-refractivity contribution < 1.29 is 9.59 Å². The third kappa shape index (κ3) is 4.41. The standard InChI is InChI=1S/C18H23N3O2S/c1-5-18(4,17-19-6-7-24-17)21-15(22)11-20-16(23)14-9-12(2)8-13(3)10-14/h6-10H,5,11H2,1-4H3,(H,20,23)(H,21,22)/t18-/m1/s1. The summed E-state index contributed by atoms with van der Waals surface area (Å²) in [6.07, 6.45) is 2.44. The summed E-state index contributed by atoms with van der Waals surface area (Å²) in [7, 11) is 0. The molecule has 0 aliphatic carbocycles. The molecule has 2 aromatic rings. The molecule has 0 saturated heterocycles. The van der Waals surface area contributed by atoms with E-state index in [-0.39, 0.29) is 18.4 Å². The molecule has 6 heteroatoms. The smallest absolute Gasteiger partial charge is 0.251 e. The first kappa shape index (κ1) is 18.1. The van der Waals surface area contributed by atoms with Crippen molar-refractivity contribution in [2.24, 2.45) is 0 Å². The van der Waals surface area contributed by atoms with E-state index in [1.54, 1.807) is 6.20 Å². The van der Waals surface area contributed by atoms with Crippen molar-refractivity contribution in [2.75, 3.05) is 6.54 Å². The zero-order chi connectivity index (χ0) is 17.7. The van der Waals surface area contributed by atoms with E-state index in [1.807, 2.05) is 51.3 Å². The van der Waals surface area contributed by atoms with Crippen LogP contribution in [0.2, 0.25) is 0 Å². The molecule has 0 spiro atoms. The van der Waals surface area contributed by atoms with Crippen LogP contribution < -0.4 is 10.6 Å². The Morgan fingerprint density at radius 2 is 1.88 bits per heavy atom. The van der Waals surface area contributed by atoms with Crippen LogP contribution in [0.3, 0.4) is 0 Å². The zero-order valence-electron chi connectivity index (χ0n) is 14.5. The quantitative estimate of drug-likeness (QED) is 0.845. The number of rotatable bonds is 6. The summed E-state index contributed by atoms with van der Waals surface area (Å²) < 4.78 is 0. The number of benzene rings is 1. The van der Waals surface area contributed by atoms with Crippen LogP contribution in [0.25, 0.3) is 0 Å². The summed E-state index contributed by atoms with van der Waals surface area (Å²) in [5, 5.41) is 8.39. The summed E-state index contributed by atoms with van der Waals surface area (Å²) >= 11 is 1.51. The summed E-state index contributed by atoms with van der Waals surface area (Å²) in [4.78, 5) is 28.7. The lowest BCUT2D eigenvalue weighted by molar-refractivity contribution is -0.122. The molecule has 2 N–H and O–H groups in total. The molecule has 0 fully saturated rings. The van der Waals surface area contributed by atoms with Gasteiger partial charge in [0, 0.05) is 17.1 Å². The number of aromatic nitrogens is 1. The average Bonchev–Trinajstić information content (AvgIpc) is 3.06. The maximum atomic E-state index is 12.2. The van der Waals surface area contributed by atoms with E-state index in [2.05, 4.69) is 15.6 Å². The van der Waals surface area contributed by atoms with Crippen molar-refractivity contribution in [1.82, 2.24) is 15.6 Å². The summed E-state index contributed by atoms with van der Waals surface area (Å²) in [6, 6.07) is 5.63. The third-order valence-electron chi connectivity index (χ3n) is 3.92. The Morgan fingerprint density at radius 1 is 1.21 bits per heavy atom. The monoisotopic (exact) mass is 345 g/mol. The maximum absolute atomic E-state index is 12.2. The van der Waals surface area contributed by atoms with Gasteiger partial charge in [-0.2, -0.15) is 0 Å². The number of amides is 2. The van der Waals surface area contributed by atoms with Gasteiger partial charge in [-0.05, 0) is 39.3 Å². The normalized spacial score (nSPS) is 13.2. The van der Waals surface area contributed by atoms with Crippen LogP contribution >= 0.6 is 11.3 Å². The fraction of sp³-hybridized carbons (Fsp3) is 0.389. The molecule has 1 atom stereocenters. The topological polar surface area (TPSA) is 71.1 Å². The molecule has 0 aliphatic heterocycles. The van der Waals surface area contributed by atoms with Crippen LogP contribution in [0.15, 0.2) is 29.8 Å². The van der Waals surface area contributed by atoms with E-state index in [0.29, 0.717) is 5.56 Å². The van der Waals surface area contributed by atoms with Crippen LogP contribution in [0.1, 0.15) is 46.8 Å². The second-order valence-electron chi connectivity index (χ2n) is 6.13. The predicted octanol–water partition coefficient (Wildman–Crippen LogP) is 2.93. The molecule has 1 heterocycles. The Labute approximate surface area is 146 Å². The maximum Gasteiger partial charge on any atom is 0.251 e. The fourth-order valence-electron chi connectivity index (χ4n) is 2.51. The first-order valence-electron chi connectivity index (χ1n) is 7.91. The molecule has 0 bridgehead atoms. The van der Waals surface area contributed by atoms with Crippen LogP contribution in [0, 0.1) is 13.8 Å². The molecule has 0 aliphatic rings. The Balaban J connectivity index is 1.96. The van der Waals surface area contributed by atoms with E-state index in [9.17, 15) is 9.59 Å². The van der Waals surface area contributed by atoms with Crippen LogP contribution in [0.4, 0.5) is 0 Å². The van der Waals surface area contributed by atoms with E-state index in [0.717, 1.165) is 22.6 Å². The molecule has 24 heavy (non-hydrogen) atoms. The van der Waals surface area contributed by atoms with Crippen LogP contribution in [-0.2, 0) is 10.3 Å². The van der Waals surface area contributed by atoms with Gasteiger partial charge in [0.25, 0.3) is 5.91 Å². The molecule has 1 aromatic heterocycles. The Morgan fingerprint density at radius 3 is 2.42 bits per heavy atom. The lowest BCUT2D eigenvalue weighted by Crippen LogP contribution is -2.47. The first-order chi connectivity index (χ1) is 11.3. The number of nitrogens with zero attached hydrogens (tertiary/aromatic N) is 1. The fourth-order valence-corrected chi connectivity index (χ4v) is 3.34. The van der Waals surface area contributed by atoms with Gasteiger partial charge in [0.05, 0.1) is 12.1 Å². The molecule has 0 unspecified atom stereocenters. The number of thiazole rings is 1. The first-order valence-corrected chi connectivity index (χ1v) is 8.79. The lowest BCUT2D eigenvalue weighted by Gasteiger charge is -2.27. The summed E-state index contributed by atoms with van der Waals surface area (Å²) in [6.45, 7) is 7.76. The van der Waals surface area contributed by atoms with Crippen LogP contribution in [-0.4, -0.2) is 23.3 Å². The average molecular weight is 345 g/mol. The van der Waals surface area contributed by atoms with Crippen molar-refractivity contribution in [2.45, 2.75) is 39.7 Å². The highest BCUT2D eigenvalue weighted by atomic mass is 32.1. The van der Waals surface area contributed by atoms with Gasteiger partial charge in [-0.3, -0.25) is 9.59 Å². The molecule has 1 aromatic carbocycles. The molecule has 2 rings (SSSR count). The Kier molecular flexibility index (Phi) is 5.72. The molecule has 0 radical (unpaired) electrons. The van der Waals surface area contributed by atoms with Crippen molar-refractivity contribution >= 4 is 23.2 Å². The van der Waals surface area contributed by atoms with Gasteiger partial charge in [-0.1, -0.05) is 24.1 Å². The molecule has 2 amide bonds. The second-order valence-corrected chi connectivity index (χ2v) is 7.02. The minimum absolute atomic E-state index is 0.0627. The van der Waals surface area contributed by atoms with Crippen molar-refractivity contribution in [3.8, 4) is 0 Å². The lowest BCUT2D eigenvalue weighted by atomic mass is 10.00. The van der Waals surface area contributed by atoms with E-state index >= 15 is 0 Å². The van der Waals surface area contributed by atoms with Crippen molar-refractivity contribution in [3.63, 3.8) is 0 Å². The van der Waals surface area contributed by atoms with Gasteiger partial charge in [0.15, 0.2) is 0 Å². The predicted molar refractivity (Wildman–Crippen MR) is 96.1 cm³/mol. The highest BCUT2D eigenvalue weighted by Crippen LogP contribution is 2.25. The molecule has 0 saturated carbocycles. The summed E-state index contributed by atoms with van der Waals surface area (Å²) in [5.41, 5.74) is 2.09. The van der Waals surface area contributed by atoms with Gasteiger partial charge in [0.2, 0.25) is 5.91 Å². The minimum Gasteiger partial charge on any atom is -0.343 e. The number of hydrogen-bond acceptors (Lipinski definition) is 4. The zero-order valence-corrected chi connectivity index (χ0v) is 15.3. The van der Waals surface area contributed by atoms with Gasteiger partial charge < -0.3 is 10.6 Å². The number of carbonyl (C=O) groups excluding carboxylic acids is 2. The van der Waals surface area contributed by atoms with Crippen molar-refractivity contribution in [1.29, 1.82) is 0 Å². The minimum atomic E-state index is -0.518. The summed E-state index contributed by atoms with van der Waals surface area (Å²) in [5.74, 6) is -0.475. The van der Waals surface area contributed by atoms with Gasteiger partial charge in [-0.15, -0.1) is 11.3 Å². The Bertz CT molecular complexity index is 708. The SMILES string of the molecule is CC[C@@](C)(NC(=O)CNC(=O)c1cc(C)cc(C)c1)c1nccs1. The van der Waals surface area contributed by atoms with Crippen molar-refractivity contribution in [3.05, 3.63) is 51.5 Å². The molecule has 128 valence electrons. The highest BCUT2D eigenvalue weighted by molar-refractivity contribution is 7.09. The Hall–Kier alpha value is -2.21. The third-order valence-corrected chi connectivity index (χ3v) is 4.96. The van der Waals surface area contributed by atoms with Gasteiger partial charge in [0.1, 0.15) is 5.01 Å². The van der Waals surface area contributed by atoms with Gasteiger partial charge >= 0.3 is 0 Å². The van der Waals surface area contributed by atoms with E-state index in [4.69, 9.17) is 0 Å². The number of aryl methyl sites for hydroxylation is 2. The number of hydrogen-bond donors (Lipinski definition) is 2. The largest absolute Gasteiger partial charge is 0.343 e. The second kappa shape index (κ2) is 7.57. The van der Waals surface area contributed by atoms with E-state index in [1.165, 1.54) is 11.3 Å². The highest BCUT2D eigenvalue weighted by Gasteiger charge is 2.29. The number of nitrogens with one attached hydrogen (secondary N) is 2. The molecular formula is C18H23N3O2S. The van der Waals surface area contributed by atoms with E-state index < -0.39 is 5.54 Å². The van der Waals surface area contributed by atoms with Gasteiger partial charge in [-0.25, -0.2) is 4.98 Å². The van der Waals surface area contributed by atoms with Crippen LogP contribution in [0.5, 0.6) is 0 Å².